The molecule has 0 saturated carbocycles. The monoisotopic (exact) mass is 387 g/mol. The van der Waals surface area contributed by atoms with Gasteiger partial charge in [0.25, 0.3) is 5.91 Å². The number of carbonyl (C=O) groups excluding carboxylic acids is 3. The fraction of sp³-hybridized carbons (Fsp3) is 0.571. The Morgan fingerprint density at radius 2 is 1.75 bits per heavy atom. The maximum absolute atomic E-state index is 12.7. The minimum atomic E-state index is -0.340. The van der Waals surface area contributed by atoms with Gasteiger partial charge in [-0.2, -0.15) is 0 Å². The van der Waals surface area contributed by atoms with Gasteiger partial charge in [-0.15, -0.1) is 0 Å². The van der Waals surface area contributed by atoms with Crippen molar-refractivity contribution in [2.45, 2.75) is 38.6 Å². The maximum atomic E-state index is 12.7. The Kier molecular flexibility index (Phi) is 6.90. The van der Waals surface area contributed by atoms with Crippen LogP contribution in [0.15, 0.2) is 30.3 Å². The lowest BCUT2D eigenvalue weighted by Crippen LogP contribution is -2.50. The van der Waals surface area contributed by atoms with E-state index < -0.39 is 0 Å². The predicted octanol–water partition coefficient (Wildman–Crippen LogP) is 2.28. The van der Waals surface area contributed by atoms with Gasteiger partial charge >= 0.3 is 6.09 Å². The third-order valence-electron chi connectivity index (χ3n) is 5.47. The number of benzene rings is 1. The average Bonchev–Trinajstić information content (AvgIpc) is 2.74. The molecular formula is C21H29N3O4. The topological polar surface area (TPSA) is 79.0 Å². The summed E-state index contributed by atoms with van der Waals surface area (Å²) in [5, 5.41) is 3.12. The highest BCUT2D eigenvalue weighted by atomic mass is 16.6. The molecule has 2 heterocycles. The van der Waals surface area contributed by atoms with E-state index >= 15 is 0 Å². The fourth-order valence-electron chi connectivity index (χ4n) is 3.88. The van der Waals surface area contributed by atoms with Crippen LogP contribution in [0.3, 0.4) is 0 Å². The number of nitrogens with one attached hydrogen (secondary N) is 1. The molecule has 0 radical (unpaired) electrons. The van der Waals surface area contributed by atoms with E-state index in [-0.39, 0.29) is 29.9 Å². The van der Waals surface area contributed by atoms with E-state index in [0.717, 1.165) is 25.7 Å². The van der Waals surface area contributed by atoms with Gasteiger partial charge in [0.2, 0.25) is 5.91 Å². The summed E-state index contributed by atoms with van der Waals surface area (Å²) in [7, 11) is 0. The van der Waals surface area contributed by atoms with Gasteiger partial charge in [-0.05, 0) is 44.7 Å². The predicted molar refractivity (Wildman–Crippen MR) is 105 cm³/mol. The van der Waals surface area contributed by atoms with E-state index in [0.29, 0.717) is 38.3 Å². The Hall–Kier alpha value is -2.57. The summed E-state index contributed by atoms with van der Waals surface area (Å²) in [6.45, 7) is 4.45. The molecule has 0 aliphatic carbocycles. The van der Waals surface area contributed by atoms with E-state index in [9.17, 15) is 14.4 Å². The molecule has 3 amide bonds. The third kappa shape index (κ3) is 5.03. The zero-order valence-electron chi connectivity index (χ0n) is 16.4. The Morgan fingerprint density at radius 3 is 2.43 bits per heavy atom. The zero-order valence-corrected chi connectivity index (χ0v) is 16.4. The molecule has 3 rings (SSSR count). The summed E-state index contributed by atoms with van der Waals surface area (Å²) in [4.78, 5) is 40.6. The molecule has 2 fully saturated rings. The van der Waals surface area contributed by atoms with Crippen LogP contribution in [0.25, 0.3) is 0 Å². The summed E-state index contributed by atoms with van der Waals surface area (Å²) < 4.78 is 5.05. The van der Waals surface area contributed by atoms with Gasteiger partial charge in [-0.1, -0.05) is 18.2 Å². The van der Waals surface area contributed by atoms with Crippen LogP contribution in [-0.2, 0) is 9.53 Å². The summed E-state index contributed by atoms with van der Waals surface area (Å²) in [6, 6.07) is 9.36. The molecule has 152 valence electrons. The SMILES string of the molecule is CCOC(=O)N1CCC[C@H](C(=O)NC2CCN(C(=O)c3ccccc3)CC2)C1. The minimum Gasteiger partial charge on any atom is -0.450 e. The lowest BCUT2D eigenvalue weighted by molar-refractivity contribution is -0.127. The number of ether oxygens (including phenoxy) is 1. The van der Waals surface area contributed by atoms with Crippen LogP contribution < -0.4 is 5.32 Å². The second-order valence-corrected chi connectivity index (χ2v) is 7.43. The van der Waals surface area contributed by atoms with Crippen LogP contribution in [0, 0.1) is 5.92 Å². The summed E-state index contributed by atoms with van der Waals surface area (Å²) >= 11 is 0. The first-order chi connectivity index (χ1) is 13.6. The molecule has 7 heteroatoms. The van der Waals surface area contributed by atoms with Crippen LogP contribution in [0.1, 0.15) is 43.0 Å². The van der Waals surface area contributed by atoms with Crippen molar-refractivity contribution in [3.05, 3.63) is 35.9 Å². The third-order valence-corrected chi connectivity index (χ3v) is 5.47. The van der Waals surface area contributed by atoms with E-state index in [1.54, 1.807) is 11.8 Å². The average molecular weight is 387 g/mol. The first-order valence-electron chi connectivity index (χ1n) is 10.1. The quantitative estimate of drug-likeness (QED) is 0.860. The Labute approximate surface area is 166 Å². The summed E-state index contributed by atoms with van der Waals surface area (Å²) in [5.41, 5.74) is 0.700. The Bertz CT molecular complexity index is 686. The maximum Gasteiger partial charge on any atom is 0.409 e. The molecule has 1 aromatic carbocycles. The van der Waals surface area contributed by atoms with Gasteiger partial charge in [0.15, 0.2) is 0 Å². The molecule has 2 aliphatic heterocycles. The van der Waals surface area contributed by atoms with Crippen molar-refractivity contribution >= 4 is 17.9 Å². The fourth-order valence-corrected chi connectivity index (χ4v) is 3.88. The highest BCUT2D eigenvalue weighted by Crippen LogP contribution is 2.19. The van der Waals surface area contributed by atoms with Crippen LogP contribution in [-0.4, -0.2) is 66.5 Å². The second-order valence-electron chi connectivity index (χ2n) is 7.43. The number of likely N-dealkylation sites (tertiary alicyclic amines) is 2. The molecule has 28 heavy (non-hydrogen) atoms. The molecule has 1 atom stereocenters. The van der Waals surface area contributed by atoms with Gasteiger partial charge in [-0.3, -0.25) is 9.59 Å². The summed E-state index contributed by atoms with van der Waals surface area (Å²) in [5.74, 6) is -0.147. The zero-order chi connectivity index (χ0) is 19.9. The lowest BCUT2D eigenvalue weighted by Gasteiger charge is -2.35. The Morgan fingerprint density at radius 1 is 1.04 bits per heavy atom. The molecule has 1 aromatic rings. The van der Waals surface area contributed by atoms with E-state index in [1.165, 1.54) is 0 Å². The molecule has 0 bridgehead atoms. The lowest BCUT2D eigenvalue weighted by atomic mass is 9.96. The number of rotatable bonds is 4. The molecular weight excluding hydrogens is 358 g/mol. The number of carbonyl (C=O) groups is 3. The molecule has 0 unspecified atom stereocenters. The first-order valence-corrected chi connectivity index (χ1v) is 10.1. The van der Waals surface area contributed by atoms with Crippen molar-refractivity contribution in [3.8, 4) is 0 Å². The van der Waals surface area contributed by atoms with Crippen LogP contribution in [0.5, 0.6) is 0 Å². The molecule has 0 spiro atoms. The highest BCUT2D eigenvalue weighted by Gasteiger charge is 2.31. The Balaban J connectivity index is 1.46. The highest BCUT2D eigenvalue weighted by molar-refractivity contribution is 5.94. The van der Waals surface area contributed by atoms with Crippen molar-refractivity contribution < 1.29 is 19.1 Å². The van der Waals surface area contributed by atoms with Gasteiger partial charge in [0, 0.05) is 37.8 Å². The van der Waals surface area contributed by atoms with E-state index in [1.807, 2.05) is 35.2 Å². The number of amides is 3. The molecule has 2 aliphatic rings. The van der Waals surface area contributed by atoms with E-state index in [4.69, 9.17) is 4.74 Å². The van der Waals surface area contributed by atoms with Crippen molar-refractivity contribution in [1.82, 2.24) is 15.1 Å². The molecule has 7 nitrogen and oxygen atoms in total. The van der Waals surface area contributed by atoms with Crippen LogP contribution in [0.2, 0.25) is 0 Å². The van der Waals surface area contributed by atoms with Crippen molar-refractivity contribution in [2.75, 3.05) is 32.8 Å². The minimum absolute atomic E-state index is 0.00170. The van der Waals surface area contributed by atoms with Gasteiger partial charge < -0.3 is 19.9 Å². The van der Waals surface area contributed by atoms with Crippen molar-refractivity contribution in [1.29, 1.82) is 0 Å². The first kappa shape index (κ1) is 20.2. The van der Waals surface area contributed by atoms with Gasteiger partial charge in [0.1, 0.15) is 0 Å². The van der Waals surface area contributed by atoms with Crippen molar-refractivity contribution in [3.63, 3.8) is 0 Å². The number of hydrogen-bond acceptors (Lipinski definition) is 4. The number of piperidine rings is 2. The molecule has 0 aromatic heterocycles. The van der Waals surface area contributed by atoms with Gasteiger partial charge in [0.05, 0.1) is 12.5 Å². The largest absolute Gasteiger partial charge is 0.450 e. The molecule has 2 saturated heterocycles. The second kappa shape index (κ2) is 9.57. The smallest absolute Gasteiger partial charge is 0.409 e. The van der Waals surface area contributed by atoms with E-state index in [2.05, 4.69) is 5.32 Å². The normalized spacial score (nSPS) is 20.5. The van der Waals surface area contributed by atoms with Crippen LogP contribution >= 0.6 is 0 Å². The molecule has 1 N–H and O–H groups in total. The van der Waals surface area contributed by atoms with Gasteiger partial charge in [-0.25, -0.2) is 4.79 Å². The van der Waals surface area contributed by atoms with Crippen molar-refractivity contribution in [2.24, 2.45) is 5.92 Å². The standard InChI is InChI=1S/C21H29N3O4/c1-2-28-21(27)24-12-6-9-17(15-24)19(25)22-18-10-13-23(14-11-18)20(26)16-7-4-3-5-8-16/h3-5,7-8,17-18H,2,6,9-15H2,1H3,(H,22,25)/t17-/m0/s1. The number of nitrogens with zero attached hydrogens (tertiary/aromatic N) is 2. The summed E-state index contributed by atoms with van der Waals surface area (Å²) in [6.07, 6.45) is 2.75. The number of hydrogen-bond donors (Lipinski definition) is 1. The van der Waals surface area contributed by atoms with Crippen LogP contribution in [0.4, 0.5) is 4.79 Å².